The molecule has 7 nitrogen and oxygen atoms in total. The predicted octanol–water partition coefficient (Wildman–Crippen LogP) is 3.60. The average Bonchev–Trinajstić information content (AvgIpc) is 3.27. The molecular weight excluding hydrogens is 397 g/mol. The summed E-state index contributed by atoms with van der Waals surface area (Å²) in [5.41, 5.74) is 6.00. The van der Waals surface area contributed by atoms with Gasteiger partial charge in [-0.05, 0) is 29.8 Å². The Balaban J connectivity index is 1.72. The number of halogens is 3. The summed E-state index contributed by atoms with van der Waals surface area (Å²) in [6.07, 6.45) is -3.13. The molecule has 1 amide bonds. The number of thioether (sulfide) groups is 1. The highest BCUT2D eigenvalue weighted by Gasteiger charge is 2.30. The van der Waals surface area contributed by atoms with Gasteiger partial charge in [-0.2, -0.15) is 0 Å². The molecule has 0 radical (unpaired) electrons. The summed E-state index contributed by atoms with van der Waals surface area (Å²) >= 11 is 1.32. The Morgan fingerprint density at radius 1 is 1.21 bits per heavy atom. The quantitative estimate of drug-likeness (QED) is 0.568. The summed E-state index contributed by atoms with van der Waals surface area (Å²) in [6, 6.07) is 8.99. The zero-order valence-electron chi connectivity index (χ0n) is 14.3. The van der Waals surface area contributed by atoms with E-state index in [1.807, 2.05) is 0 Å². The van der Waals surface area contributed by atoms with Crippen LogP contribution in [-0.2, 0) is 17.1 Å². The number of hydrogen-bond donors (Lipinski definition) is 1. The van der Waals surface area contributed by atoms with Crippen LogP contribution < -0.4 is 10.5 Å². The third-order valence-electron chi connectivity index (χ3n) is 3.57. The SMILES string of the molecule is NC(=O)CCn1c(SCc2ccc(OC(F)(F)F)cc2)nnc1-c1ccco1. The van der Waals surface area contributed by atoms with Gasteiger partial charge >= 0.3 is 6.36 Å². The van der Waals surface area contributed by atoms with Gasteiger partial charge in [0.15, 0.2) is 16.7 Å². The van der Waals surface area contributed by atoms with Crippen molar-refractivity contribution in [1.29, 1.82) is 0 Å². The number of alkyl halides is 3. The number of ether oxygens (including phenoxy) is 1. The van der Waals surface area contributed by atoms with E-state index in [4.69, 9.17) is 10.2 Å². The Morgan fingerprint density at radius 3 is 2.57 bits per heavy atom. The smallest absolute Gasteiger partial charge is 0.461 e. The van der Waals surface area contributed by atoms with Crippen LogP contribution in [0, 0.1) is 0 Å². The maximum Gasteiger partial charge on any atom is 0.573 e. The number of carbonyl (C=O) groups excluding carboxylic acids is 1. The highest BCUT2D eigenvalue weighted by atomic mass is 32.2. The van der Waals surface area contributed by atoms with E-state index in [2.05, 4.69) is 14.9 Å². The van der Waals surface area contributed by atoms with E-state index in [1.54, 1.807) is 16.7 Å². The van der Waals surface area contributed by atoms with Gasteiger partial charge in [0, 0.05) is 18.7 Å². The van der Waals surface area contributed by atoms with Gasteiger partial charge in [-0.15, -0.1) is 23.4 Å². The molecule has 0 bridgehead atoms. The van der Waals surface area contributed by atoms with E-state index in [9.17, 15) is 18.0 Å². The number of rotatable bonds is 8. The molecule has 0 saturated heterocycles. The molecule has 0 aliphatic heterocycles. The minimum absolute atomic E-state index is 0.1000. The highest BCUT2D eigenvalue weighted by molar-refractivity contribution is 7.98. The lowest BCUT2D eigenvalue weighted by Gasteiger charge is -2.10. The molecule has 2 aromatic heterocycles. The number of benzene rings is 1. The molecule has 0 unspecified atom stereocenters. The fraction of sp³-hybridized carbons (Fsp3) is 0.235. The standard InChI is InChI=1S/C17H15F3N4O3S/c18-17(19,20)27-12-5-3-11(4-6-12)10-28-16-23-22-15(13-2-1-9-26-13)24(16)8-7-14(21)25/h1-6,9H,7-8,10H2,(H2,21,25). The Bertz CT molecular complexity index is 924. The highest BCUT2D eigenvalue weighted by Crippen LogP contribution is 2.28. The minimum atomic E-state index is -4.73. The van der Waals surface area contributed by atoms with Crippen molar-refractivity contribution < 1.29 is 27.1 Å². The second-order valence-electron chi connectivity index (χ2n) is 5.63. The molecule has 0 aliphatic rings. The van der Waals surface area contributed by atoms with E-state index >= 15 is 0 Å². The number of hydrogen-bond acceptors (Lipinski definition) is 6. The molecule has 148 valence electrons. The third-order valence-corrected chi connectivity index (χ3v) is 4.60. The minimum Gasteiger partial charge on any atom is -0.461 e. The van der Waals surface area contributed by atoms with Crippen molar-refractivity contribution in [2.45, 2.75) is 30.2 Å². The summed E-state index contributed by atoms with van der Waals surface area (Å²) in [7, 11) is 0. The maximum absolute atomic E-state index is 12.2. The van der Waals surface area contributed by atoms with Crippen molar-refractivity contribution in [2.24, 2.45) is 5.73 Å². The van der Waals surface area contributed by atoms with Crippen molar-refractivity contribution in [1.82, 2.24) is 14.8 Å². The monoisotopic (exact) mass is 412 g/mol. The summed E-state index contributed by atoms with van der Waals surface area (Å²) in [4.78, 5) is 11.2. The lowest BCUT2D eigenvalue weighted by Crippen LogP contribution is -2.17. The Kier molecular flexibility index (Phi) is 5.93. The Morgan fingerprint density at radius 2 is 1.96 bits per heavy atom. The lowest BCUT2D eigenvalue weighted by atomic mass is 10.2. The zero-order chi connectivity index (χ0) is 20.1. The molecule has 0 fully saturated rings. The molecule has 3 aromatic rings. The van der Waals surface area contributed by atoms with Crippen LogP contribution in [0.5, 0.6) is 5.75 Å². The van der Waals surface area contributed by atoms with Crippen LogP contribution in [0.2, 0.25) is 0 Å². The zero-order valence-corrected chi connectivity index (χ0v) is 15.2. The lowest BCUT2D eigenvalue weighted by molar-refractivity contribution is -0.274. The summed E-state index contributed by atoms with van der Waals surface area (Å²) in [5, 5.41) is 8.76. The fourth-order valence-electron chi connectivity index (χ4n) is 2.34. The largest absolute Gasteiger partial charge is 0.573 e. The van der Waals surface area contributed by atoms with Crippen LogP contribution in [0.25, 0.3) is 11.6 Å². The Labute approximate surface area is 161 Å². The van der Waals surface area contributed by atoms with Gasteiger partial charge in [0.05, 0.1) is 6.26 Å². The van der Waals surface area contributed by atoms with Gasteiger partial charge in [0.1, 0.15) is 5.75 Å². The predicted molar refractivity (Wildman–Crippen MR) is 94.2 cm³/mol. The molecule has 1 aromatic carbocycles. The number of primary amides is 1. The van der Waals surface area contributed by atoms with Gasteiger partial charge in [0.2, 0.25) is 5.91 Å². The van der Waals surface area contributed by atoms with E-state index in [0.29, 0.717) is 22.5 Å². The van der Waals surface area contributed by atoms with Crippen LogP contribution in [0.15, 0.2) is 52.2 Å². The van der Waals surface area contributed by atoms with Crippen LogP contribution in [-0.4, -0.2) is 27.0 Å². The molecule has 0 atom stereocenters. The van der Waals surface area contributed by atoms with Gasteiger partial charge in [-0.3, -0.25) is 9.36 Å². The van der Waals surface area contributed by atoms with Crippen LogP contribution in [0.4, 0.5) is 13.2 Å². The molecule has 2 N–H and O–H groups in total. The molecule has 0 saturated carbocycles. The van der Waals surface area contributed by atoms with Crippen molar-refractivity contribution in [3.63, 3.8) is 0 Å². The van der Waals surface area contributed by atoms with E-state index < -0.39 is 12.3 Å². The maximum atomic E-state index is 12.2. The number of aromatic nitrogens is 3. The van der Waals surface area contributed by atoms with Crippen molar-refractivity contribution in [3.05, 3.63) is 48.2 Å². The van der Waals surface area contributed by atoms with Gasteiger partial charge < -0.3 is 14.9 Å². The van der Waals surface area contributed by atoms with Crippen LogP contribution >= 0.6 is 11.8 Å². The Hall–Kier alpha value is -2.95. The summed E-state index contributed by atoms with van der Waals surface area (Å²) in [5.74, 6) is 0.639. The average molecular weight is 412 g/mol. The second kappa shape index (κ2) is 8.38. The molecule has 0 spiro atoms. The topological polar surface area (TPSA) is 96.2 Å². The van der Waals surface area contributed by atoms with Crippen molar-refractivity contribution in [2.75, 3.05) is 0 Å². The first-order valence-corrected chi connectivity index (χ1v) is 9.03. The number of amides is 1. The van der Waals surface area contributed by atoms with Crippen molar-refractivity contribution >= 4 is 17.7 Å². The second-order valence-corrected chi connectivity index (χ2v) is 6.57. The number of nitrogens with zero attached hydrogens (tertiary/aromatic N) is 3. The van der Waals surface area contributed by atoms with Gasteiger partial charge in [-0.1, -0.05) is 23.9 Å². The fourth-order valence-corrected chi connectivity index (χ4v) is 3.26. The van der Waals surface area contributed by atoms with Gasteiger partial charge in [-0.25, -0.2) is 0 Å². The van der Waals surface area contributed by atoms with Crippen LogP contribution in [0.1, 0.15) is 12.0 Å². The van der Waals surface area contributed by atoms with Gasteiger partial charge in [0.25, 0.3) is 0 Å². The first kappa shape index (κ1) is 19.8. The first-order chi connectivity index (χ1) is 13.3. The van der Waals surface area contributed by atoms with Crippen LogP contribution in [0.3, 0.4) is 0 Å². The number of carbonyl (C=O) groups is 1. The van der Waals surface area contributed by atoms with E-state index in [1.165, 1.54) is 42.3 Å². The molecule has 11 heteroatoms. The molecule has 28 heavy (non-hydrogen) atoms. The third kappa shape index (κ3) is 5.28. The number of nitrogens with two attached hydrogens (primary N) is 1. The normalized spacial score (nSPS) is 11.5. The van der Waals surface area contributed by atoms with E-state index in [0.717, 1.165) is 5.56 Å². The summed E-state index contributed by atoms with van der Waals surface area (Å²) in [6.45, 7) is 0.277. The molecule has 0 aliphatic carbocycles. The summed E-state index contributed by atoms with van der Waals surface area (Å²) < 4.78 is 47.6. The molecule has 2 heterocycles. The van der Waals surface area contributed by atoms with Crippen molar-refractivity contribution in [3.8, 4) is 17.3 Å². The first-order valence-electron chi connectivity index (χ1n) is 8.05. The molecule has 3 rings (SSSR count). The number of furan rings is 1. The molecular formula is C17H15F3N4O3S. The van der Waals surface area contributed by atoms with E-state index in [-0.39, 0.29) is 18.7 Å².